The summed E-state index contributed by atoms with van der Waals surface area (Å²) in [6.07, 6.45) is 5.15. The van der Waals surface area contributed by atoms with Crippen molar-refractivity contribution >= 4 is 0 Å². The number of nitrogens with zero attached hydrogens (tertiary/aromatic N) is 1. The molecule has 25 heavy (non-hydrogen) atoms. The molecular formula is C22H34N2O. The van der Waals surface area contributed by atoms with E-state index in [-0.39, 0.29) is 0 Å². The maximum atomic E-state index is 5.52. The molecule has 2 heterocycles. The molecule has 3 heteroatoms. The predicted octanol–water partition coefficient (Wildman–Crippen LogP) is 3.66. The van der Waals surface area contributed by atoms with Gasteiger partial charge < -0.3 is 15.0 Å². The quantitative estimate of drug-likeness (QED) is 0.884. The normalized spacial score (nSPS) is 33.3. The lowest BCUT2D eigenvalue weighted by Crippen LogP contribution is -2.59. The number of ether oxygens (including phenoxy) is 1. The maximum Gasteiger partial charge on any atom is 0.0507 e. The van der Waals surface area contributed by atoms with Gasteiger partial charge in [-0.3, -0.25) is 0 Å². The van der Waals surface area contributed by atoms with Crippen LogP contribution < -0.4 is 5.32 Å². The molecule has 0 aromatic heterocycles. The summed E-state index contributed by atoms with van der Waals surface area (Å²) >= 11 is 0. The summed E-state index contributed by atoms with van der Waals surface area (Å²) in [5.41, 5.74) is 1.87. The summed E-state index contributed by atoms with van der Waals surface area (Å²) < 4.78 is 5.52. The van der Waals surface area contributed by atoms with Gasteiger partial charge in [-0.05, 0) is 61.6 Å². The van der Waals surface area contributed by atoms with Gasteiger partial charge >= 0.3 is 0 Å². The number of nitrogens with one attached hydrogen (secondary N) is 1. The minimum atomic E-state index is 0.361. The van der Waals surface area contributed by atoms with Crippen molar-refractivity contribution in [2.24, 2.45) is 11.3 Å². The summed E-state index contributed by atoms with van der Waals surface area (Å²) in [6, 6.07) is 12.4. The average Bonchev–Trinajstić information content (AvgIpc) is 3.13. The Labute approximate surface area is 153 Å². The molecule has 3 fully saturated rings. The highest BCUT2D eigenvalue weighted by Gasteiger charge is 2.49. The van der Waals surface area contributed by atoms with Crippen LogP contribution in [0.2, 0.25) is 0 Å². The molecule has 2 aliphatic heterocycles. The van der Waals surface area contributed by atoms with E-state index in [4.69, 9.17) is 4.74 Å². The van der Waals surface area contributed by atoms with E-state index < -0.39 is 0 Å². The zero-order valence-electron chi connectivity index (χ0n) is 15.9. The van der Waals surface area contributed by atoms with E-state index in [1.54, 1.807) is 0 Å². The van der Waals surface area contributed by atoms with Crippen molar-refractivity contribution in [2.45, 2.75) is 57.5 Å². The third kappa shape index (κ3) is 3.79. The van der Waals surface area contributed by atoms with Crippen molar-refractivity contribution in [1.29, 1.82) is 0 Å². The number of rotatable bonds is 5. The van der Waals surface area contributed by atoms with Crippen molar-refractivity contribution in [1.82, 2.24) is 10.2 Å². The first kappa shape index (κ1) is 17.5. The van der Waals surface area contributed by atoms with E-state index in [9.17, 15) is 0 Å². The van der Waals surface area contributed by atoms with Gasteiger partial charge in [-0.1, -0.05) is 44.2 Å². The second-order valence-electron chi connectivity index (χ2n) is 9.04. The SMILES string of the molecule is CC1(C)[C@@H](c2ccccc2)C[C@H]1NC1CCN(C[C@@H]2CCOC2)CC1. The van der Waals surface area contributed by atoms with Crippen LogP contribution >= 0.6 is 0 Å². The fourth-order valence-electron chi connectivity index (χ4n) is 5.12. The van der Waals surface area contributed by atoms with Gasteiger partial charge in [-0.2, -0.15) is 0 Å². The van der Waals surface area contributed by atoms with Crippen LogP contribution in [0.1, 0.15) is 51.0 Å². The molecule has 3 aliphatic rings. The van der Waals surface area contributed by atoms with Crippen molar-refractivity contribution in [3.8, 4) is 0 Å². The van der Waals surface area contributed by atoms with Crippen molar-refractivity contribution in [3.63, 3.8) is 0 Å². The Morgan fingerprint density at radius 3 is 2.52 bits per heavy atom. The van der Waals surface area contributed by atoms with E-state index in [0.29, 0.717) is 23.4 Å². The van der Waals surface area contributed by atoms with Crippen LogP contribution in [-0.4, -0.2) is 49.8 Å². The Kier molecular flexibility index (Phi) is 5.17. The molecule has 1 aromatic carbocycles. The molecule has 0 amide bonds. The predicted molar refractivity (Wildman–Crippen MR) is 103 cm³/mol. The Bertz CT molecular complexity index is 544. The maximum absolute atomic E-state index is 5.52. The first-order valence-corrected chi connectivity index (χ1v) is 10.2. The molecule has 4 rings (SSSR count). The van der Waals surface area contributed by atoms with Crippen molar-refractivity contribution < 1.29 is 4.74 Å². The molecule has 3 nitrogen and oxygen atoms in total. The molecule has 1 aromatic rings. The minimum absolute atomic E-state index is 0.361. The first-order valence-electron chi connectivity index (χ1n) is 10.2. The van der Waals surface area contributed by atoms with Crippen molar-refractivity contribution in [2.75, 3.05) is 32.8 Å². The Morgan fingerprint density at radius 2 is 1.88 bits per heavy atom. The van der Waals surface area contributed by atoms with Gasteiger partial charge in [0, 0.05) is 25.2 Å². The minimum Gasteiger partial charge on any atom is -0.381 e. The molecule has 0 unspecified atom stereocenters. The average molecular weight is 343 g/mol. The summed E-state index contributed by atoms with van der Waals surface area (Å²) in [5, 5.41) is 4.01. The van der Waals surface area contributed by atoms with Crippen LogP contribution in [0.25, 0.3) is 0 Å². The number of hydrogen-bond acceptors (Lipinski definition) is 3. The second-order valence-corrected chi connectivity index (χ2v) is 9.04. The van der Waals surface area contributed by atoms with Crippen LogP contribution in [0.15, 0.2) is 30.3 Å². The first-order chi connectivity index (χ1) is 12.1. The molecule has 1 aliphatic carbocycles. The van der Waals surface area contributed by atoms with Gasteiger partial charge in [0.15, 0.2) is 0 Å². The molecule has 0 bridgehead atoms. The Hall–Kier alpha value is -0.900. The Balaban J connectivity index is 1.24. The van der Waals surface area contributed by atoms with Gasteiger partial charge in [-0.15, -0.1) is 0 Å². The molecular weight excluding hydrogens is 308 g/mol. The van der Waals surface area contributed by atoms with E-state index in [2.05, 4.69) is 54.4 Å². The van der Waals surface area contributed by atoms with Gasteiger partial charge in [0.25, 0.3) is 0 Å². The smallest absolute Gasteiger partial charge is 0.0507 e. The van der Waals surface area contributed by atoms with Crippen LogP contribution in [0.4, 0.5) is 0 Å². The summed E-state index contributed by atoms with van der Waals surface area (Å²) in [5.74, 6) is 1.48. The number of piperidine rings is 1. The van der Waals surface area contributed by atoms with Crippen LogP contribution in [0, 0.1) is 11.3 Å². The van der Waals surface area contributed by atoms with Gasteiger partial charge in [0.1, 0.15) is 0 Å². The molecule has 1 saturated carbocycles. The Morgan fingerprint density at radius 1 is 1.12 bits per heavy atom. The van der Waals surface area contributed by atoms with Crippen molar-refractivity contribution in [3.05, 3.63) is 35.9 Å². The molecule has 3 atom stereocenters. The fraction of sp³-hybridized carbons (Fsp3) is 0.727. The standard InChI is InChI=1S/C22H34N2O/c1-22(2)20(18-6-4-3-5-7-18)14-21(22)23-19-8-11-24(12-9-19)15-17-10-13-25-16-17/h3-7,17,19-21,23H,8-16H2,1-2H3/t17-,20+,21+/m0/s1. The zero-order chi connectivity index (χ0) is 17.3. The summed E-state index contributed by atoms with van der Waals surface area (Å²) in [7, 11) is 0. The van der Waals surface area contributed by atoms with Crippen LogP contribution in [0.3, 0.4) is 0 Å². The third-order valence-electron chi connectivity index (χ3n) is 7.03. The van der Waals surface area contributed by atoms with E-state index >= 15 is 0 Å². The van der Waals surface area contributed by atoms with Gasteiger partial charge in [-0.25, -0.2) is 0 Å². The van der Waals surface area contributed by atoms with Crippen LogP contribution in [-0.2, 0) is 4.74 Å². The van der Waals surface area contributed by atoms with Crippen LogP contribution in [0.5, 0.6) is 0 Å². The number of benzene rings is 1. The lowest BCUT2D eigenvalue weighted by atomic mass is 9.56. The molecule has 138 valence electrons. The zero-order valence-corrected chi connectivity index (χ0v) is 15.9. The number of hydrogen-bond donors (Lipinski definition) is 1. The lowest BCUT2D eigenvalue weighted by Gasteiger charge is -2.54. The third-order valence-corrected chi connectivity index (χ3v) is 7.03. The van der Waals surface area contributed by atoms with E-state index in [1.165, 1.54) is 50.9 Å². The topological polar surface area (TPSA) is 24.5 Å². The largest absolute Gasteiger partial charge is 0.381 e. The van der Waals surface area contributed by atoms with Gasteiger partial charge in [0.05, 0.1) is 6.61 Å². The molecule has 0 spiro atoms. The summed E-state index contributed by atoms with van der Waals surface area (Å²) in [6.45, 7) is 10.6. The monoisotopic (exact) mass is 342 g/mol. The van der Waals surface area contributed by atoms with E-state index in [0.717, 1.165) is 19.1 Å². The lowest BCUT2D eigenvalue weighted by molar-refractivity contribution is 0.0486. The van der Waals surface area contributed by atoms with E-state index in [1.807, 2.05) is 0 Å². The fourth-order valence-corrected chi connectivity index (χ4v) is 5.12. The molecule has 1 N–H and O–H groups in total. The molecule has 0 radical (unpaired) electrons. The second kappa shape index (κ2) is 7.38. The number of likely N-dealkylation sites (tertiary alicyclic amines) is 1. The highest BCUT2D eigenvalue weighted by molar-refractivity contribution is 5.27. The highest BCUT2D eigenvalue weighted by atomic mass is 16.5. The van der Waals surface area contributed by atoms with Gasteiger partial charge in [0.2, 0.25) is 0 Å². The molecule has 2 saturated heterocycles. The highest BCUT2D eigenvalue weighted by Crippen LogP contribution is 2.52. The summed E-state index contributed by atoms with van der Waals surface area (Å²) in [4.78, 5) is 2.66.